The van der Waals surface area contributed by atoms with Gasteiger partial charge >= 0.3 is 0 Å². The van der Waals surface area contributed by atoms with E-state index in [0.717, 1.165) is 0 Å². The predicted octanol–water partition coefficient (Wildman–Crippen LogP) is 1.23. The smallest absolute Gasteiger partial charge is 0.272 e. The standard InChI is InChI=1S/C11H16N2O3S/c1-9(12)8-17(16)7-6-10-4-2-3-5-11(10)13(14)15/h2-5,9H,6-8,12H2,1H3. The Kier molecular flexibility index (Phi) is 5.24. The fourth-order valence-electron chi connectivity index (χ4n) is 1.50. The first kappa shape index (κ1) is 13.8. The Morgan fingerprint density at radius 1 is 1.47 bits per heavy atom. The Balaban J connectivity index is 2.63. The Morgan fingerprint density at radius 2 is 2.12 bits per heavy atom. The number of para-hydroxylation sites is 1. The molecule has 2 atom stereocenters. The molecule has 0 radical (unpaired) electrons. The average Bonchev–Trinajstić information content (AvgIpc) is 2.25. The lowest BCUT2D eigenvalue weighted by Gasteiger charge is -2.05. The summed E-state index contributed by atoms with van der Waals surface area (Å²) in [5.41, 5.74) is 6.25. The first-order valence-corrected chi connectivity index (χ1v) is 6.82. The topological polar surface area (TPSA) is 86.2 Å². The highest BCUT2D eigenvalue weighted by Gasteiger charge is 2.13. The highest BCUT2D eigenvalue weighted by atomic mass is 32.2. The van der Waals surface area contributed by atoms with Gasteiger partial charge in [-0.05, 0) is 13.3 Å². The normalized spacial score (nSPS) is 14.2. The second-order valence-electron chi connectivity index (χ2n) is 3.92. The quantitative estimate of drug-likeness (QED) is 0.612. The molecule has 6 heteroatoms. The van der Waals surface area contributed by atoms with Crippen LogP contribution in [0.1, 0.15) is 12.5 Å². The summed E-state index contributed by atoms with van der Waals surface area (Å²) in [6.45, 7) is 1.79. The van der Waals surface area contributed by atoms with Gasteiger partial charge in [0.2, 0.25) is 0 Å². The minimum atomic E-state index is -1.02. The zero-order valence-corrected chi connectivity index (χ0v) is 10.5. The largest absolute Gasteiger partial charge is 0.327 e. The van der Waals surface area contributed by atoms with Crippen molar-refractivity contribution in [1.29, 1.82) is 0 Å². The van der Waals surface area contributed by atoms with Crippen LogP contribution in [0.4, 0.5) is 5.69 Å². The number of aryl methyl sites for hydroxylation is 1. The Hall–Kier alpha value is -1.27. The molecule has 0 aliphatic heterocycles. The molecule has 0 heterocycles. The minimum Gasteiger partial charge on any atom is -0.327 e. The van der Waals surface area contributed by atoms with Crippen LogP contribution in [0.3, 0.4) is 0 Å². The molecule has 0 saturated heterocycles. The van der Waals surface area contributed by atoms with Crippen LogP contribution in [0.5, 0.6) is 0 Å². The minimum absolute atomic E-state index is 0.0882. The molecule has 1 aromatic carbocycles. The third kappa shape index (κ3) is 4.62. The van der Waals surface area contributed by atoms with Gasteiger partial charge in [0.1, 0.15) is 0 Å². The van der Waals surface area contributed by atoms with Crippen LogP contribution in [0.15, 0.2) is 24.3 Å². The lowest BCUT2D eigenvalue weighted by Crippen LogP contribution is -2.24. The molecule has 1 aromatic rings. The van der Waals surface area contributed by atoms with Crippen LogP contribution in [0, 0.1) is 10.1 Å². The van der Waals surface area contributed by atoms with Crippen LogP contribution in [-0.2, 0) is 17.2 Å². The maximum absolute atomic E-state index is 11.6. The molecule has 0 aliphatic rings. The summed E-state index contributed by atoms with van der Waals surface area (Å²) in [6.07, 6.45) is 0.441. The molecule has 0 bridgehead atoms. The van der Waals surface area contributed by atoms with E-state index in [9.17, 15) is 14.3 Å². The number of nitrogens with zero attached hydrogens (tertiary/aromatic N) is 1. The van der Waals surface area contributed by atoms with Crippen molar-refractivity contribution in [3.63, 3.8) is 0 Å². The van der Waals surface area contributed by atoms with Gasteiger partial charge in [0.25, 0.3) is 5.69 Å². The van der Waals surface area contributed by atoms with Gasteiger partial charge in [-0.1, -0.05) is 18.2 Å². The second kappa shape index (κ2) is 6.46. The summed E-state index contributed by atoms with van der Waals surface area (Å²) in [5.74, 6) is 0.840. The monoisotopic (exact) mass is 256 g/mol. The molecule has 2 unspecified atom stereocenters. The molecule has 5 nitrogen and oxygen atoms in total. The number of nitrogens with two attached hydrogens (primary N) is 1. The number of hydrogen-bond donors (Lipinski definition) is 1. The summed E-state index contributed by atoms with van der Waals surface area (Å²) in [4.78, 5) is 10.3. The van der Waals surface area contributed by atoms with E-state index in [0.29, 0.717) is 23.5 Å². The molecular weight excluding hydrogens is 240 g/mol. The molecule has 0 saturated carbocycles. The Bertz CT molecular complexity index is 421. The molecule has 0 aromatic heterocycles. The molecular formula is C11H16N2O3S. The number of hydrogen-bond acceptors (Lipinski definition) is 4. The van der Waals surface area contributed by atoms with E-state index in [4.69, 9.17) is 5.73 Å². The van der Waals surface area contributed by atoms with Gasteiger partial charge in [-0.25, -0.2) is 0 Å². The molecule has 94 valence electrons. The van der Waals surface area contributed by atoms with Crippen molar-refractivity contribution < 1.29 is 9.13 Å². The number of rotatable bonds is 6. The van der Waals surface area contributed by atoms with Gasteiger partial charge in [-0.15, -0.1) is 0 Å². The Labute approximate surface area is 103 Å². The first-order chi connectivity index (χ1) is 8.00. The van der Waals surface area contributed by atoms with E-state index < -0.39 is 15.7 Å². The molecule has 0 amide bonds. The van der Waals surface area contributed by atoms with E-state index in [1.54, 1.807) is 25.1 Å². The summed E-state index contributed by atoms with van der Waals surface area (Å²) in [5, 5.41) is 10.8. The maximum atomic E-state index is 11.6. The van der Waals surface area contributed by atoms with Crippen molar-refractivity contribution in [1.82, 2.24) is 0 Å². The zero-order chi connectivity index (χ0) is 12.8. The van der Waals surface area contributed by atoms with Gasteiger partial charge in [0, 0.05) is 40.0 Å². The molecule has 0 fully saturated rings. The fraction of sp³-hybridized carbons (Fsp3) is 0.455. The fourth-order valence-corrected chi connectivity index (χ4v) is 2.70. The van der Waals surface area contributed by atoms with E-state index in [-0.39, 0.29) is 11.7 Å². The first-order valence-electron chi connectivity index (χ1n) is 5.33. The average molecular weight is 256 g/mol. The third-order valence-electron chi connectivity index (χ3n) is 2.24. The number of nitro groups is 1. The van der Waals surface area contributed by atoms with Gasteiger partial charge in [-0.3, -0.25) is 14.3 Å². The molecule has 0 spiro atoms. The van der Waals surface area contributed by atoms with E-state index >= 15 is 0 Å². The highest BCUT2D eigenvalue weighted by molar-refractivity contribution is 7.85. The highest BCUT2D eigenvalue weighted by Crippen LogP contribution is 2.18. The SMILES string of the molecule is CC(N)CS(=O)CCc1ccccc1[N+](=O)[O-]. The van der Waals surface area contributed by atoms with Gasteiger partial charge < -0.3 is 5.73 Å². The van der Waals surface area contributed by atoms with Crippen molar-refractivity contribution in [3.05, 3.63) is 39.9 Å². The summed E-state index contributed by atoms with van der Waals surface area (Å²) < 4.78 is 11.6. The maximum Gasteiger partial charge on any atom is 0.272 e. The predicted molar refractivity (Wildman–Crippen MR) is 68.3 cm³/mol. The number of benzene rings is 1. The summed E-state index contributed by atoms with van der Waals surface area (Å²) in [7, 11) is -1.02. The summed E-state index contributed by atoms with van der Waals surface area (Å²) in [6, 6.07) is 6.42. The second-order valence-corrected chi connectivity index (χ2v) is 5.54. The van der Waals surface area contributed by atoms with Crippen molar-refractivity contribution in [2.24, 2.45) is 5.73 Å². The van der Waals surface area contributed by atoms with Crippen molar-refractivity contribution in [2.45, 2.75) is 19.4 Å². The molecule has 2 N–H and O–H groups in total. The van der Waals surface area contributed by atoms with Crippen molar-refractivity contribution in [3.8, 4) is 0 Å². The van der Waals surface area contributed by atoms with E-state index in [1.165, 1.54) is 6.07 Å². The van der Waals surface area contributed by atoms with Crippen LogP contribution in [0.25, 0.3) is 0 Å². The molecule has 1 rings (SSSR count). The van der Waals surface area contributed by atoms with Crippen molar-refractivity contribution >= 4 is 16.5 Å². The van der Waals surface area contributed by atoms with E-state index in [1.807, 2.05) is 0 Å². The Morgan fingerprint density at radius 3 is 2.71 bits per heavy atom. The van der Waals surface area contributed by atoms with Crippen molar-refractivity contribution in [2.75, 3.05) is 11.5 Å². The zero-order valence-electron chi connectivity index (χ0n) is 9.67. The lowest BCUT2D eigenvalue weighted by molar-refractivity contribution is -0.385. The lowest BCUT2D eigenvalue weighted by atomic mass is 10.1. The van der Waals surface area contributed by atoms with Gasteiger partial charge in [0.15, 0.2) is 0 Å². The van der Waals surface area contributed by atoms with E-state index in [2.05, 4.69) is 0 Å². The van der Waals surface area contributed by atoms with Crippen LogP contribution >= 0.6 is 0 Å². The number of nitro benzene ring substituents is 1. The van der Waals surface area contributed by atoms with Crippen LogP contribution in [-0.4, -0.2) is 26.7 Å². The van der Waals surface area contributed by atoms with Gasteiger partial charge in [0.05, 0.1) is 4.92 Å². The summed E-state index contributed by atoms with van der Waals surface area (Å²) >= 11 is 0. The van der Waals surface area contributed by atoms with Crippen LogP contribution in [0.2, 0.25) is 0 Å². The van der Waals surface area contributed by atoms with Gasteiger partial charge in [-0.2, -0.15) is 0 Å². The third-order valence-corrected chi connectivity index (χ3v) is 3.79. The molecule has 17 heavy (non-hydrogen) atoms. The van der Waals surface area contributed by atoms with Crippen LogP contribution < -0.4 is 5.73 Å². The molecule has 0 aliphatic carbocycles.